The highest BCUT2D eigenvalue weighted by Crippen LogP contribution is 2.21. The summed E-state index contributed by atoms with van der Waals surface area (Å²) in [7, 11) is 1.90. The third-order valence-corrected chi connectivity index (χ3v) is 4.57. The van der Waals surface area contributed by atoms with Crippen molar-refractivity contribution in [2.45, 2.75) is 20.4 Å². The lowest BCUT2D eigenvalue weighted by Crippen LogP contribution is -2.21. The number of aromatic nitrogens is 3. The van der Waals surface area contributed by atoms with Gasteiger partial charge in [-0.25, -0.2) is 4.79 Å². The highest BCUT2D eigenvalue weighted by atomic mass is 32.1. The van der Waals surface area contributed by atoms with Gasteiger partial charge in [-0.15, -0.1) is 16.4 Å². The molecular formula is C15H15N3O3S. The number of hydrogen-bond donors (Lipinski definition) is 0. The number of carbonyl (C=O) groups is 1. The summed E-state index contributed by atoms with van der Waals surface area (Å²) in [5, 5.41) is 5.97. The summed E-state index contributed by atoms with van der Waals surface area (Å²) in [4.78, 5) is 25.0. The molecule has 0 aliphatic carbocycles. The van der Waals surface area contributed by atoms with Gasteiger partial charge in [-0.05, 0) is 31.4 Å². The van der Waals surface area contributed by atoms with Gasteiger partial charge in [0, 0.05) is 24.0 Å². The number of aryl methyl sites for hydroxylation is 1. The van der Waals surface area contributed by atoms with Crippen LogP contribution in [-0.2, 0) is 13.6 Å². The molecule has 3 aromatic rings. The van der Waals surface area contributed by atoms with Crippen LogP contribution in [0.5, 0.6) is 0 Å². The quantitative estimate of drug-likeness (QED) is 0.693. The lowest BCUT2D eigenvalue weighted by molar-refractivity contribution is 0.0964. The molecule has 3 heterocycles. The van der Waals surface area contributed by atoms with Crippen molar-refractivity contribution in [3.05, 3.63) is 51.1 Å². The Balaban J connectivity index is 1.89. The van der Waals surface area contributed by atoms with Gasteiger partial charge in [-0.1, -0.05) is 6.07 Å². The number of ketones is 1. The van der Waals surface area contributed by atoms with E-state index in [2.05, 4.69) is 5.10 Å². The maximum absolute atomic E-state index is 12.4. The van der Waals surface area contributed by atoms with Crippen molar-refractivity contribution >= 4 is 17.1 Å². The van der Waals surface area contributed by atoms with E-state index in [1.165, 1.54) is 11.3 Å². The molecule has 0 fully saturated rings. The molecular weight excluding hydrogens is 302 g/mol. The van der Waals surface area contributed by atoms with E-state index in [0.717, 1.165) is 20.9 Å². The molecule has 0 spiro atoms. The van der Waals surface area contributed by atoms with Gasteiger partial charge in [-0.3, -0.25) is 4.79 Å². The van der Waals surface area contributed by atoms with Gasteiger partial charge in [-0.2, -0.15) is 4.68 Å². The molecule has 0 aliphatic heterocycles. The number of carbonyl (C=O) groups excluding carboxylic acids is 1. The highest BCUT2D eigenvalue weighted by Gasteiger charge is 2.18. The molecule has 0 amide bonds. The largest absolute Gasteiger partial charge is 0.437 e. The summed E-state index contributed by atoms with van der Waals surface area (Å²) in [6.07, 6.45) is 0. The van der Waals surface area contributed by atoms with E-state index in [-0.39, 0.29) is 18.2 Å². The topological polar surface area (TPSA) is 70.0 Å². The lowest BCUT2D eigenvalue weighted by Gasteiger charge is -2.01. The van der Waals surface area contributed by atoms with Crippen LogP contribution in [0.15, 0.2) is 32.8 Å². The van der Waals surface area contributed by atoms with E-state index in [0.29, 0.717) is 5.56 Å². The lowest BCUT2D eigenvalue weighted by atomic mass is 10.1. The average molecular weight is 317 g/mol. The van der Waals surface area contributed by atoms with E-state index in [9.17, 15) is 9.59 Å². The van der Waals surface area contributed by atoms with Crippen molar-refractivity contribution in [1.82, 2.24) is 14.3 Å². The Morgan fingerprint density at radius 3 is 2.77 bits per heavy atom. The zero-order chi connectivity index (χ0) is 15.9. The molecule has 3 rings (SSSR count). The number of thiophene rings is 1. The molecule has 3 aromatic heterocycles. The molecule has 114 valence electrons. The number of Topliss-reactive ketones (excluding diaryl/α,β-unsaturated/α-hetero) is 1. The Labute approximate surface area is 130 Å². The maximum Gasteiger partial charge on any atom is 0.437 e. The molecule has 0 aromatic carbocycles. The van der Waals surface area contributed by atoms with Crippen molar-refractivity contribution in [3.63, 3.8) is 0 Å². The Morgan fingerprint density at radius 2 is 2.18 bits per heavy atom. The van der Waals surface area contributed by atoms with Crippen LogP contribution in [0.25, 0.3) is 10.8 Å². The van der Waals surface area contributed by atoms with Crippen molar-refractivity contribution < 1.29 is 9.21 Å². The van der Waals surface area contributed by atoms with Crippen LogP contribution in [0.4, 0.5) is 0 Å². The first-order valence-electron chi connectivity index (χ1n) is 6.75. The molecule has 6 nitrogen and oxygen atoms in total. The van der Waals surface area contributed by atoms with Crippen LogP contribution in [0.2, 0.25) is 0 Å². The first kappa shape index (κ1) is 14.5. The number of rotatable bonds is 4. The Bertz CT molecular complexity index is 884. The van der Waals surface area contributed by atoms with Crippen molar-refractivity contribution in [2.24, 2.45) is 7.05 Å². The molecule has 0 saturated carbocycles. The fourth-order valence-electron chi connectivity index (χ4n) is 2.26. The van der Waals surface area contributed by atoms with Crippen LogP contribution in [0, 0.1) is 13.8 Å². The van der Waals surface area contributed by atoms with E-state index >= 15 is 0 Å². The van der Waals surface area contributed by atoms with Gasteiger partial charge < -0.3 is 8.98 Å². The fraction of sp³-hybridized carbons (Fsp3) is 0.267. The highest BCUT2D eigenvalue weighted by molar-refractivity contribution is 7.13. The zero-order valence-electron chi connectivity index (χ0n) is 12.5. The second kappa shape index (κ2) is 5.42. The predicted molar refractivity (Wildman–Crippen MR) is 83.3 cm³/mol. The minimum absolute atomic E-state index is 0.127. The van der Waals surface area contributed by atoms with Crippen molar-refractivity contribution in [2.75, 3.05) is 0 Å². The zero-order valence-corrected chi connectivity index (χ0v) is 13.3. The van der Waals surface area contributed by atoms with Gasteiger partial charge in [0.05, 0.1) is 4.88 Å². The molecule has 0 radical (unpaired) electrons. The summed E-state index contributed by atoms with van der Waals surface area (Å²) in [5.74, 6) is -0.537. The normalized spacial score (nSPS) is 11.0. The number of hydrogen-bond acceptors (Lipinski definition) is 5. The summed E-state index contributed by atoms with van der Waals surface area (Å²) in [6, 6.07) is 5.48. The predicted octanol–water partition coefficient (Wildman–Crippen LogP) is 2.40. The molecule has 7 heteroatoms. The molecule has 0 bridgehead atoms. The molecule has 0 N–H and O–H groups in total. The summed E-state index contributed by atoms with van der Waals surface area (Å²) in [6.45, 7) is 3.68. The van der Waals surface area contributed by atoms with Crippen molar-refractivity contribution in [1.29, 1.82) is 0 Å². The summed E-state index contributed by atoms with van der Waals surface area (Å²) in [5.41, 5.74) is 2.47. The van der Waals surface area contributed by atoms with Crippen LogP contribution in [0.3, 0.4) is 0 Å². The van der Waals surface area contributed by atoms with Gasteiger partial charge in [0.25, 0.3) is 5.89 Å². The second-order valence-corrected chi connectivity index (χ2v) is 6.02. The second-order valence-electron chi connectivity index (χ2n) is 5.08. The third kappa shape index (κ3) is 2.43. The molecule has 0 saturated heterocycles. The third-order valence-electron chi connectivity index (χ3n) is 3.71. The van der Waals surface area contributed by atoms with Gasteiger partial charge in [0.2, 0.25) is 0 Å². The van der Waals surface area contributed by atoms with Crippen LogP contribution in [-0.4, -0.2) is 20.1 Å². The van der Waals surface area contributed by atoms with Gasteiger partial charge in [0.15, 0.2) is 5.78 Å². The van der Waals surface area contributed by atoms with E-state index < -0.39 is 5.76 Å². The van der Waals surface area contributed by atoms with E-state index in [1.807, 2.05) is 49.0 Å². The molecule has 0 unspecified atom stereocenters. The SMILES string of the molecule is Cc1cc(C(=O)Cn2nc(-c3cccs3)oc2=O)c(C)n1C. The molecule has 0 aliphatic rings. The minimum atomic E-state index is -0.623. The van der Waals surface area contributed by atoms with Crippen molar-refractivity contribution in [3.8, 4) is 10.8 Å². The average Bonchev–Trinajstić information content (AvgIpc) is 3.17. The van der Waals surface area contributed by atoms with Gasteiger partial charge >= 0.3 is 5.76 Å². The monoisotopic (exact) mass is 317 g/mol. The molecule has 22 heavy (non-hydrogen) atoms. The van der Waals surface area contributed by atoms with Crippen LogP contribution < -0.4 is 5.76 Å². The smallest absolute Gasteiger partial charge is 0.387 e. The number of nitrogens with zero attached hydrogens (tertiary/aromatic N) is 3. The van der Waals surface area contributed by atoms with E-state index in [1.54, 1.807) is 0 Å². The standard InChI is InChI=1S/C15H15N3O3S/c1-9-7-11(10(2)17(9)3)12(19)8-18-15(20)21-14(16-18)13-5-4-6-22-13/h4-7H,8H2,1-3H3. The van der Waals surface area contributed by atoms with Crippen LogP contribution in [0.1, 0.15) is 21.7 Å². The first-order valence-corrected chi connectivity index (χ1v) is 7.63. The minimum Gasteiger partial charge on any atom is -0.387 e. The Morgan fingerprint density at radius 1 is 1.41 bits per heavy atom. The van der Waals surface area contributed by atoms with E-state index in [4.69, 9.17) is 4.42 Å². The molecule has 0 atom stereocenters. The Hall–Kier alpha value is -2.41. The maximum atomic E-state index is 12.4. The fourth-order valence-corrected chi connectivity index (χ4v) is 2.91. The summed E-state index contributed by atoms with van der Waals surface area (Å²) >= 11 is 1.42. The summed E-state index contributed by atoms with van der Waals surface area (Å²) < 4.78 is 8.11. The Kier molecular flexibility index (Phi) is 3.58. The first-order chi connectivity index (χ1) is 10.5. The van der Waals surface area contributed by atoms with Crippen LogP contribution >= 0.6 is 11.3 Å². The van der Waals surface area contributed by atoms with Gasteiger partial charge in [0.1, 0.15) is 6.54 Å².